The van der Waals surface area contributed by atoms with Gasteiger partial charge in [0.05, 0.1) is 17.1 Å². The first-order valence-corrected chi connectivity index (χ1v) is 18.2. The van der Waals surface area contributed by atoms with Gasteiger partial charge in [0.15, 0.2) is 5.78 Å². The molecule has 3 aromatic carbocycles. The van der Waals surface area contributed by atoms with E-state index in [0.717, 1.165) is 75.3 Å². The topological polar surface area (TPSA) is 63.1 Å². The number of hydrogen-bond donors (Lipinski definition) is 1. The van der Waals surface area contributed by atoms with Crippen LogP contribution in [0.25, 0.3) is 42.3 Å². The summed E-state index contributed by atoms with van der Waals surface area (Å²) >= 11 is 1.73. The molecule has 0 fully saturated rings. The molecule has 49 heavy (non-hydrogen) atoms. The summed E-state index contributed by atoms with van der Waals surface area (Å²) in [4.78, 5) is 21.0. The van der Waals surface area contributed by atoms with Gasteiger partial charge in [-0.1, -0.05) is 104 Å². The van der Waals surface area contributed by atoms with Crippen LogP contribution >= 0.6 is 11.3 Å². The number of aliphatic hydroxyl groups excluding tert-OH is 1. The van der Waals surface area contributed by atoms with Crippen LogP contribution in [0.15, 0.2) is 60.6 Å². The van der Waals surface area contributed by atoms with Gasteiger partial charge in [-0.15, -0.1) is 34.4 Å². The third-order valence-corrected chi connectivity index (χ3v) is 10.2. The normalized spacial score (nSPS) is 12.5. The zero-order chi connectivity index (χ0) is 35.4. The summed E-state index contributed by atoms with van der Waals surface area (Å²) < 4.78 is 16.4. The number of aromatic nitrogens is 2. The Balaban J connectivity index is 0.000000347. The van der Waals surface area contributed by atoms with E-state index in [1.54, 1.807) is 23.7 Å². The fourth-order valence-electron chi connectivity index (χ4n) is 6.32. The second kappa shape index (κ2) is 16.8. The SMILES string of the molecule is CC(C)(C)Cc1ccc2c(c1)sc1c(-c3[c-]c4cc(F)ccc4c(C(C)(C)C)c3)ncnc12.CCC(CC)C(=O)/C=C(\O)C(CC)CC.[Ir]. The summed E-state index contributed by atoms with van der Waals surface area (Å²) in [5.74, 6) is 0.294. The summed E-state index contributed by atoms with van der Waals surface area (Å²) in [7, 11) is 0. The van der Waals surface area contributed by atoms with Crippen molar-refractivity contribution >= 4 is 48.2 Å². The molecule has 0 saturated carbocycles. The Kier molecular flexibility index (Phi) is 13.9. The van der Waals surface area contributed by atoms with E-state index < -0.39 is 0 Å². The molecule has 0 amide bonds. The van der Waals surface area contributed by atoms with Crippen molar-refractivity contribution in [3.63, 3.8) is 0 Å². The third-order valence-electron chi connectivity index (χ3n) is 9.03. The molecule has 0 aliphatic heterocycles. The van der Waals surface area contributed by atoms with Crippen LogP contribution in [0.5, 0.6) is 0 Å². The maximum Gasteiger partial charge on any atom is 0.162 e. The number of benzene rings is 3. The van der Waals surface area contributed by atoms with Crippen molar-refractivity contribution in [3.8, 4) is 11.3 Å². The Morgan fingerprint density at radius 2 is 1.53 bits per heavy atom. The number of hydrogen-bond acceptors (Lipinski definition) is 5. The molecule has 0 unspecified atom stereocenters. The van der Waals surface area contributed by atoms with Crippen molar-refractivity contribution in [2.24, 2.45) is 17.3 Å². The summed E-state index contributed by atoms with van der Waals surface area (Å²) in [6.45, 7) is 21.4. The molecule has 2 aromatic heterocycles. The van der Waals surface area contributed by atoms with E-state index in [1.807, 2.05) is 33.8 Å². The molecule has 2 heterocycles. The predicted molar refractivity (Wildman–Crippen MR) is 202 cm³/mol. The molecular formula is C42H52FIrN2O2S-. The minimum atomic E-state index is -0.253. The molecule has 0 aliphatic carbocycles. The van der Waals surface area contributed by atoms with Crippen LogP contribution in [0.1, 0.15) is 106 Å². The molecule has 5 aromatic rings. The van der Waals surface area contributed by atoms with Crippen LogP contribution in [-0.4, -0.2) is 20.9 Å². The van der Waals surface area contributed by atoms with Crippen molar-refractivity contribution in [3.05, 3.63) is 83.6 Å². The van der Waals surface area contributed by atoms with Crippen molar-refractivity contribution in [2.75, 3.05) is 0 Å². The van der Waals surface area contributed by atoms with Crippen molar-refractivity contribution in [1.82, 2.24) is 9.97 Å². The zero-order valence-electron chi connectivity index (χ0n) is 30.8. The number of carbonyl (C=O) groups is 1. The first kappa shape index (κ1) is 40.4. The molecule has 1 radical (unpaired) electrons. The Morgan fingerprint density at radius 1 is 0.898 bits per heavy atom. The fourth-order valence-corrected chi connectivity index (χ4v) is 7.54. The maximum absolute atomic E-state index is 14.1. The smallest absolute Gasteiger partial charge is 0.162 e. The molecule has 0 spiro atoms. The van der Waals surface area contributed by atoms with E-state index >= 15 is 0 Å². The van der Waals surface area contributed by atoms with Gasteiger partial charge < -0.3 is 5.11 Å². The van der Waals surface area contributed by atoms with Crippen LogP contribution in [0.2, 0.25) is 0 Å². The fraction of sp³-hybridized carbons (Fsp3) is 0.452. The number of fused-ring (bicyclic) bond motifs is 4. The Labute approximate surface area is 310 Å². The molecule has 265 valence electrons. The van der Waals surface area contributed by atoms with E-state index in [-0.39, 0.29) is 60.1 Å². The van der Waals surface area contributed by atoms with Crippen LogP contribution in [0.3, 0.4) is 0 Å². The molecular weight excluding hydrogens is 808 g/mol. The van der Waals surface area contributed by atoms with E-state index in [9.17, 15) is 14.3 Å². The number of rotatable bonds is 9. The Morgan fingerprint density at radius 3 is 2.12 bits per heavy atom. The Bertz CT molecular complexity index is 1930. The van der Waals surface area contributed by atoms with Gasteiger partial charge in [0.2, 0.25) is 0 Å². The minimum absolute atomic E-state index is 0. The van der Waals surface area contributed by atoms with Crippen molar-refractivity contribution in [1.29, 1.82) is 0 Å². The summed E-state index contributed by atoms with van der Waals surface area (Å²) in [5, 5.41) is 12.7. The van der Waals surface area contributed by atoms with E-state index in [1.165, 1.54) is 22.4 Å². The largest absolute Gasteiger partial charge is 0.512 e. The van der Waals surface area contributed by atoms with Crippen LogP contribution < -0.4 is 0 Å². The van der Waals surface area contributed by atoms with E-state index in [4.69, 9.17) is 0 Å². The van der Waals surface area contributed by atoms with Gasteiger partial charge >= 0.3 is 0 Å². The number of thiophene rings is 1. The third kappa shape index (κ3) is 9.83. The molecule has 0 atom stereocenters. The number of halogens is 1. The predicted octanol–water partition coefficient (Wildman–Crippen LogP) is 12.4. The molecule has 4 nitrogen and oxygen atoms in total. The summed E-state index contributed by atoms with van der Waals surface area (Å²) in [6.07, 6.45) is 7.56. The number of nitrogens with zero attached hydrogens (tertiary/aromatic N) is 2. The van der Waals surface area contributed by atoms with Crippen molar-refractivity contribution < 1.29 is 34.4 Å². The monoisotopic (exact) mass is 860 g/mol. The van der Waals surface area contributed by atoms with Crippen LogP contribution in [-0.2, 0) is 36.7 Å². The molecule has 0 saturated heterocycles. The first-order chi connectivity index (χ1) is 22.6. The number of carbonyl (C=O) groups excluding carboxylic acids is 1. The molecule has 0 bridgehead atoms. The van der Waals surface area contributed by atoms with Crippen molar-refractivity contribution in [2.45, 2.75) is 107 Å². The first-order valence-electron chi connectivity index (χ1n) is 17.4. The van der Waals surface area contributed by atoms with Gasteiger partial charge in [0.1, 0.15) is 6.33 Å². The number of aliphatic hydroxyl groups is 1. The summed E-state index contributed by atoms with van der Waals surface area (Å²) in [6, 6.07) is 17.3. The maximum atomic E-state index is 14.1. The number of ketones is 1. The van der Waals surface area contributed by atoms with Gasteiger partial charge in [0, 0.05) is 58.5 Å². The van der Waals surface area contributed by atoms with Gasteiger partial charge in [-0.25, -0.2) is 9.37 Å². The van der Waals surface area contributed by atoms with Crippen LogP contribution in [0, 0.1) is 29.1 Å². The second-order valence-electron chi connectivity index (χ2n) is 15.1. The molecule has 1 N–H and O–H groups in total. The van der Waals surface area contributed by atoms with Gasteiger partial charge in [-0.3, -0.25) is 9.78 Å². The standard InChI is InChI=1S/C29H28FN2S.C13H24O2.Ir/c1-28(2,3)15-17-7-9-22-24(11-17)33-27-25(31-16-32-26(22)27)19-12-18-13-20(30)8-10-21(18)23(14-19)29(4,5)6;1-5-10(6-2)12(14)9-13(15)11(7-3)8-4;/h7-11,13-14,16H,15H2,1-6H3;9-11,14H,5-8H2,1-4H3;/q-1;;/b;12-9-;. The van der Waals surface area contributed by atoms with Crippen LogP contribution in [0.4, 0.5) is 4.39 Å². The summed E-state index contributed by atoms with van der Waals surface area (Å²) in [5.41, 5.74) is 5.32. The quantitative estimate of drug-likeness (QED) is 0.0911. The van der Waals surface area contributed by atoms with Gasteiger partial charge in [-0.2, -0.15) is 0 Å². The average Bonchev–Trinajstić information content (AvgIpc) is 3.38. The Hall–Kier alpha value is -2.99. The molecule has 7 heteroatoms. The minimum Gasteiger partial charge on any atom is -0.512 e. The van der Waals surface area contributed by atoms with Gasteiger partial charge in [-0.05, 0) is 60.6 Å². The molecule has 0 aliphatic rings. The number of allylic oxidation sites excluding steroid dienone is 2. The zero-order valence-corrected chi connectivity index (χ0v) is 34.0. The average molecular weight is 860 g/mol. The second-order valence-corrected chi connectivity index (χ2v) is 16.2. The molecule has 5 rings (SSSR count). The van der Waals surface area contributed by atoms with E-state index in [0.29, 0.717) is 0 Å². The van der Waals surface area contributed by atoms with Gasteiger partial charge in [0.25, 0.3) is 0 Å². The van der Waals surface area contributed by atoms with E-state index in [2.05, 4.69) is 81.8 Å².